The summed E-state index contributed by atoms with van der Waals surface area (Å²) < 4.78 is 10.7. The summed E-state index contributed by atoms with van der Waals surface area (Å²) in [5.41, 5.74) is 2.42. The highest BCUT2D eigenvalue weighted by Crippen LogP contribution is 2.30. The van der Waals surface area contributed by atoms with Gasteiger partial charge in [-0.25, -0.2) is 0 Å². The van der Waals surface area contributed by atoms with Gasteiger partial charge in [-0.05, 0) is 61.9 Å². The van der Waals surface area contributed by atoms with Crippen LogP contribution in [0, 0.1) is 12.8 Å². The fourth-order valence-electron chi connectivity index (χ4n) is 3.07. The number of aliphatic hydroxyl groups excluding tert-OH is 1. The van der Waals surface area contributed by atoms with Crippen LogP contribution in [0.1, 0.15) is 36.8 Å². The molecule has 0 saturated heterocycles. The van der Waals surface area contributed by atoms with Gasteiger partial charge in [0.2, 0.25) is 0 Å². The van der Waals surface area contributed by atoms with Crippen molar-refractivity contribution < 1.29 is 14.6 Å². The maximum absolute atomic E-state index is 9.71. The third-order valence-electron chi connectivity index (χ3n) is 4.35. The molecule has 4 heteroatoms. The molecule has 1 saturated carbocycles. The molecule has 1 aromatic rings. The lowest BCUT2D eigenvalue weighted by Crippen LogP contribution is -2.29. The fourth-order valence-corrected chi connectivity index (χ4v) is 3.07. The maximum atomic E-state index is 9.71. The Labute approximate surface area is 127 Å². The van der Waals surface area contributed by atoms with E-state index in [-0.39, 0.29) is 6.10 Å². The van der Waals surface area contributed by atoms with Gasteiger partial charge in [0, 0.05) is 6.54 Å². The molecule has 0 spiro atoms. The van der Waals surface area contributed by atoms with E-state index in [1.54, 1.807) is 14.2 Å². The first-order valence-electron chi connectivity index (χ1n) is 7.74. The average Bonchev–Trinajstić information content (AvgIpc) is 2.48. The van der Waals surface area contributed by atoms with Crippen molar-refractivity contribution in [2.45, 2.75) is 45.3 Å². The molecular formula is C17H27NO3. The predicted octanol–water partition coefficient (Wildman–Crippen LogP) is 2.65. The van der Waals surface area contributed by atoms with Crippen molar-refractivity contribution in [1.29, 1.82) is 0 Å². The Morgan fingerprint density at radius 1 is 1.19 bits per heavy atom. The monoisotopic (exact) mass is 293 g/mol. The minimum Gasteiger partial charge on any atom is -0.493 e. The number of ether oxygens (including phenoxy) is 2. The van der Waals surface area contributed by atoms with Crippen molar-refractivity contribution in [2.24, 2.45) is 5.92 Å². The standard InChI is InChI=1S/C17H27NO3/c1-12-7-16(20-2)17(21-3)9-14(12)11-18-10-13-5-4-6-15(19)8-13/h7,9,13,15,18-19H,4-6,8,10-11H2,1-3H3. The van der Waals surface area contributed by atoms with Gasteiger partial charge in [0.05, 0.1) is 20.3 Å². The van der Waals surface area contributed by atoms with Gasteiger partial charge < -0.3 is 19.9 Å². The molecule has 2 unspecified atom stereocenters. The van der Waals surface area contributed by atoms with Crippen LogP contribution in [0.5, 0.6) is 11.5 Å². The van der Waals surface area contributed by atoms with Crippen LogP contribution in [0.2, 0.25) is 0 Å². The van der Waals surface area contributed by atoms with E-state index in [1.165, 1.54) is 17.5 Å². The summed E-state index contributed by atoms with van der Waals surface area (Å²) in [5, 5.41) is 13.2. The molecule has 4 nitrogen and oxygen atoms in total. The second-order valence-corrected chi connectivity index (χ2v) is 5.95. The summed E-state index contributed by atoms with van der Waals surface area (Å²) in [6, 6.07) is 4.05. The van der Waals surface area contributed by atoms with E-state index in [4.69, 9.17) is 9.47 Å². The van der Waals surface area contributed by atoms with Crippen LogP contribution < -0.4 is 14.8 Å². The van der Waals surface area contributed by atoms with Crippen molar-refractivity contribution >= 4 is 0 Å². The second kappa shape index (κ2) is 7.66. The van der Waals surface area contributed by atoms with Gasteiger partial charge in [-0.1, -0.05) is 6.42 Å². The van der Waals surface area contributed by atoms with Crippen molar-refractivity contribution in [3.63, 3.8) is 0 Å². The largest absolute Gasteiger partial charge is 0.493 e. The van der Waals surface area contributed by atoms with Crippen molar-refractivity contribution in [2.75, 3.05) is 20.8 Å². The Kier molecular flexibility index (Phi) is 5.88. The van der Waals surface area contributed by atoms with Crippen LogP contribution in [-0.2, 0) is 6.54 Å². The summed E-state index contributed by atoms with van der Waals surface area (Å²) >= 11 is 0. The number of rotatable bonds is 6. The van der Waals surface area contributed by atoms with E-state index in [0.717, 1.165) is 43.9 Å². The highest BCUT2D eigenvalue weighted by molar-refractivity contribution is 5.46. The summed E-state index contributed by atoms with van der Waals surface area (Å²) in [6.07, 6.45) is 4.15. The molecule has 2 N–H and O–H groups in total. The molecule has 0 radical (unpaired) electrons. The highest BCUT2D eigenvalue weighted by atomic mass is 16.5. The first kappa shape index (κ1) is 16.1. The summed E-state index contributed by atoms with van der Waals surface area (Å²) in [7, 11) is 3.32. The lowest BCUT2D eigenvalue weighted by Gasteiger charge is -2.26. The maximum Gasteiger partial charge on any atom is 0.161 e. The molecule has 1 aromatic carbocycles. The molecular weight excluding hydrogens is 266 g/mol. The van der Waals surface area contributed by atoms with Crippen LogP contribution in [0.4, 0.5) is 0 Å². The number of nitrogens with one attached hydrogen (secondary N) is 1. The van der Waals surface area contributed by atoms with Crippen molar-refractivity contribution in [3.8, 4) is 11.5 Å². The van der Waals surface area contributed by atoms with E-state index in [2.05, 4.69) is 12.2 Å². The zero-order valence-electron chi connectivity index (χ0n) is 13.3. The van der Waals surface area contributed by atoms with Gasteiger partial charge in [0.1, 0.15) is 0 Å². The molecule has 21 heavy (non-hydrogen) atoms. The van der Waals surface area contributed by atoms with E-state index >= 15 is 0 Å². The number of hydrogen-bond acceptors (Lipinski definition) is 4. The summed E-state index contributed by atoms with van der Waals surface area (Å²) in [4.78, 5) is 0. The molecule has 1 aliphatic carbocycles. The average molecular weight is 293 g/mol. The topological polar surface area (TPSA) is 50.7 Å². The molecule has 0 amide bonds. The Bertz CT molecular complexity index is 462. The van der Waals surface area contributed by atoms with Gasteiger partial charge in [-0.15, -0.1) is 0 Å². The molecule has 0 aliphatic heterocycles. The van der Waals surface area contributed by atoms with Gasteiger partial charge in [0.15, 0.2) is 11.5 Å². The predicted molar refractivity (Wildman–Crippen MR) is 84.0 cm³/mol. The van der Waals surface area contributed by atoms with E-state index in [1.807, 2.05) is 12.1 Å². The quantitative estimate of drug-likeness (QED) is 0.846. The molecule has 2 rings (SSSR count). The Morgan fingerprint density at radius 3 is 2.57 bits per heavy atom. The zero-order valence-corrected chi connectivity index (χ0v) is 13.3. The number of methoxy groups -OCH3 is 2. The number of aryl methyl sites for hydroxylation is 1. The van der Waals surface area contributed by atoms with Crippen LogP contribution >= 0.6 is 0 Å². The molecule has 2 atom stereocenters. The molecule has 0 aromatic heterocycles. The van der Waals surface area contributed by atoms with Gasteiger partial charge >= 0.3 is 0 Å². The number of aliphatic hydroxyl groups is 1. The van der Waals surface area contributed by atoms with Crippen LogP contribution in [-0.4, -0.2) is 32.0 Å². The first-order chi connectivity index (χ1) is 10.1. The third kappa shape index (κ3) is 4.35. The fraction of sp³-hybridized carbons (Fsp3) is 0.647. The van der Waals surface area contributed by atoms with Gasteiger partial charge in [-0.3, -0.25) is 0 Å². The van der Waals surface area contributed by atoms with E-state index < -0.39 is 0 Å². The molecule has 0 bridgehead atoms. The molecule has 1 aliphatic rings. The summed E-state index contributed by atoms with van der Waals surface area (Å²) in [5.74, 6) is 2.14. The Hall–Kier alpha value is -1.26. The van der Waals surface area contributed by atoms with E-state index in [0.29, 0.717) is 5.92 Å². The van der Waals surface area contributed by atoms with Gasteiger partial charge in [-0.2, -0.15) is 0 Å². The van der Waals surface area contributed by atoms with Crippen LogP contribution in [0.25, 0.3) is 0 Å². The molecule has 118 valence electrons. The highest BCUT2D eigenvalue weighted by Gasteiger charge is 2.19. The second-order valence-electron chi connectivity index (χ2n) is 5.95. The minimum absolute atomic E-state index is 0.103. The third-order valence-corrected chi connectivity index (χ3v) is 4.35. The lowest BCUT2D eigenvalue weighted by molar-refractivity contribution is 0.101. The summed E-state index contributed by atoms with van der Waals surface area (Å²) in [6.45, 7) is 3.87. The van der Waals surface area contributed by atoms with E-state index in [9.17, 15) is 5.11 Å². The normalized spacial score (nSPS) is 22.1. The zero-order chi connectivity index (χ0) is 15.2. The number of benzene rings is 1. The van der Waals surface area contributed by atoms with Crippen LogP contribution in [0.3, 0.4) is 0 Å². The Morgan fingerprint density at radius 2 is 1.90 bits per heavy atom. The van der Waals surface area contributed by atoms with Crippen LogP contribution in [0.15, 0.2) is 12.1 Å². The Balaban J connectivity index is 1.90. The minimum atomic E-state index is -0.103. The number of hydrogen-bond donors (Lipinski definition) is 2. The smallest absolute Gasteiger partial charge is 0.161 e. The van der Waals surface area contributed by atoms with Crippen molar-refractivity contribution in [1.82, 2.24) is 5.32 Å². The van der Waals surface area contributed by atoms with Gasteiger partial charge in [0.25, 0.3) is 0 Å². The van der Waals surface area contributed by atoms with Crippen molar-refractivity contribution in [3.05, 3.63) is 23.3 Å². The SMILES string of the molecule is COc1cc(C)c(CNCC2CCCC(O)C2)cc1OC. The molecule has 1 fully saturated rings. The molecule has 0 heterocycles. The lowest BCUT2D eigenvalue weighted by atomic mass is 9.87. The first-order valence-corrected chi connectivity index (χ1v) is 7.74.